The average molecular weight is 316 g/mol. The Kier molecular flexibility index (Phi) is 2.20. The lowest BCUT2D eigenvalue weighted by atomic mass is 10.4. The molecule has 6 heteroatoms. The summed E-state index contributed by atoms with van der Waals surface area (Å²) in [6, 6.07) is 0. The summed E-state index contributed by atoms with van der Waals surface area (Å²) < 4.78 is 33.3. The van der Waals surface area contributed by atoms with Crippen molar-refractivity contribution in [1.29, 1.82) is 0 Å². The largest absolute Gasteiger partial charge is 0.204 e. The van der Waals surface area contributed by atoms with E-state index in [0.717, 1.165) is 28.2 Å². The molecule has 0 aromatic carbocycles. The van der Waals surface area contributed by atoms with Gasteiger partial charge < -0.3 is 0 Å². The molecule has 0 N–H and O–H groups in total. The fourth-order valence-corrected chi connectivity index (χ4v) is 7.53. The predicted molar refractivity (Wildman–Crippen MR) is 79.9 cm³/mol. The van der Waals surface area contributed by atoms with Crippen molar-refractivity contribution in [2.45, 2.75) is 13.8 Å². The number of aryl methyl sites for hydroxylation is 2. The molecule has 4 aromatic rings. The molecule has 0 aliphatic heterocycles. The second-order valence-electron chi connectivity index (χ2n) is 4.12. The highest BCUT2D eigenvalue weighted by molar-refractivity contribution is 7.44. The van der Waals surface area contributed by atoms with Crippen LogP contribution in [0.2, 0.25) is 0 Å². The maximum Gasteiger partial charge on any atom is 0.154 e. The first-order valence-electron chi connectivity index (χ1n) is 5.26. The van der Waals surface area contributed by atoms with E-state index in [1.54, 1.807) is 13.8 Å². The normalized spacial score (nSPS) is 12.4. The summed E-state index contributed by atoms with van der Waals surface area (Å²) in [5.74, 6) is -0.212. The molecular formula is C12H6F2S4. The van der Waals surface area contributed by atoms with E-state index >= 15 is 0 Å². The van der Waals surface area contributed by atoms with Crippen LogP contribution in [0.3, 0.4) is 0 Å². The van der Waals surface area contributed by atoms with Gasteiger partial charge in [0.1, 0.15) is 0 Å². The van der Waals surface area contributed by atoms with Gasteiger partial charge in [-0.05, 0) is 13.8 Å². The van der Waals surface area contributed by atoms with Crippen molar-refractivity contribution in [3.63, 3.8) is 0 Å². The summed E-state index contributed by atoms with van der Waals surface area (Å²) in [6.45, 7) is 3.58. The monoisotopic (exact) mass is 316 g/mol. The number of rotatable bonds is 0. The van der Waals surface area contributed by atoms with E-state index < -0.39 is 0 Å². The van der Waals surface area contributed by atoms with E-state index in [2.05, 4.69) is 0 Å². The summed E-state index contributed by atoms with van der Waals surface area (Å²) in [6.07, 6.45) is 0. The van der Waals surface area contributed by atoms with Crippen molar-refractivity contribution in [3.8, 4) is 0 Å². The first-order valence-corrected chi connectivity index (χ1v) is 8.53. The van der Waals surface area contributed by atoms with Gasteiger partial charge >= 0.3 is 0 Å². The predicted octanol–water partition coefficient (Wildman–Crippen LogP) is 6.29. The third-order valence-corrected chi connectivity index (χ3v) is 8.21. The summed E-state index contributed by atoms with van der Waals surface area (Å²) in [4.78, 5) is 1.43. The SMILES string of the molecule is Cc1sc2c(sc3c4sc(C)c(F)c4sc23)c1F. The van der Waals surface area contributed by atoms with Crippen LogP contribution in [0, 0.1) is 25.5 Å². The van der Waals surface area contributed by atoms with Crippen molar-refractivity contribution in [3.05, 3.63) is 21.4 Å². The van der Waals surface area contributed by atoms with Gasteiger partial charge in [0.15, 0.2) is 11.6 Å². The molecule has 0 saturated carbocycles. The number of hydrogen-bond donors (Lipinski definition) is 0. The van der Waals surface area contributed by atoms with E-state index in [9.17, 15) is 8.78 Å². The van der Waals surface area contributed by atoms with Crippen LogP contribution in [-0.2, 0) is 0 Å². The Labute approximate surface area is 117 Å². The third kappa shape index (κ3) is 1.22. The first-order chi connectivity index (χ1) is 8.58. The molecule has 4 aromatic heterocycles. The van der Waals surface area contributed by atoms with Gasteiger partial charge in [-0.25, -0.2) is 8.78 Å². The molecule has 0 nitrogen and oxygen atoms in total. The standard InChI is InChI=1S/C12H6F2S4/c1-3-5(13)7-9(15-3)11-12(17-7)10-8(18-11)6(14)4(2)16-10/h1-2H3. The van der Waals surface area contributed by atoms with Gasteiger partial charge in [0.05, 0.1) is 28.2 Å². The fourth-order valence-electron chi connectivity index (χ4n) is 2.08. The van der Waals surface area contributed by atoms with Crippen LogP contribution >= 0.6 is 45.3 Å². The van der Waals surface area contributed by atoms with E-state index in [4.69, 9.17) is 0 Å². The Morgan fingerprint density at radius 1 is 0.556 bits per heavy atom. The van der Waals surface area contributed by atoms with Gasteiger partial charge in [0.25, 0.3) is 0 Å². The lowest BCUT2D eigenvalue weighted by Crippen LogP contribution is -1.66. The highest BCUT2D eigenvalue weighted by Gasteiger charge is 2.22. The Morgan fingerprint density at radius 2 is 0.889 bits per heavy atom. The van der Waals surface area contributed by atoms with Crippen LogP contribution in [0.4, 0.5) is 8.78 Å². The maximum atomic E-state index is 13.9. The molecular weight excluding hydrogens is 310 g/mol. The van der Waals surface area contributed by atoms with Crippen LogP contribution < -0.4 is 0 Å². The number of halogens is 2. The minimum absolute atomic E-state index is 0.106. The molecule has 0 radical (unpaired) electrons. The maximum absolute atomic E-state index is 13.9. The molecule has 0 bridgehead atoms. The van der Waals surface area contributed by atoms with Crippen molar-refractivity contribution >= 4 is 73.5 Å². The van der Waals surface area contributed by atoms with Gasteiger partial charge in [-0.1, -0.05) is 0 Å². The van der Waals surface area contributed by atoms with Crippen LogP contribution in [-0.4, -0.2) is 0 Å². The smallest absolute Gasteiger partial charge is 0.154 e. The summed E-state index contributed by atoms with van der Waals surface area (Å²) in [5, 5.41) is 0. The zero-order chi connectivity index (χ0) is 12.6. The van der Waals surface area contributed by atoms with E-state index in [1.165, 1.54) is 45.3 Å². The second-order valence-corrected chi connectivity index (χ2v) is 8.61. The molecule has 92 valence electrons. The Bertz CT molecular complexity index is 842. The fraction of sp³-hybridized carbons (Fsp3) is 0.167. The molecule has 0 amide bonds. The Balaban J connectivity index is 2.27. The highest BCUT2D eigenvalue weighted by Crippen LogP contribution is 2.51. The Hall–Kier alpha value is -0.560. The van der Waals surface area contributed by atoms with Crippen molar-refractivity contribution in [2.75, 3.05) is 0 Å². The quantitative estimate of drug-likeness (QED) is 0.358. The Morgan fingerprint density at radius 3 is 1.28 bits per heavy atom. The van der Waals surface area contributed by atoms with E-state index in [-0.39, 0.29) is 11.6 Å². The molecule has 4 rings (SSSR count). The van der Waals surface area contributed by atoms with Crippen LogP contribution in [0.1, 0.15) is 9.75 Å². The zero-order valence-corrected chi connectivity index (χ0v) is 12.7. The molecule has 0 aliphatic carbocycles. The van der Waals surface area contributed by atoms with Crippen LogP contribution in [0.15, 0.2) is 0 Å². The third-order valence-electron chi connectivity index (χ3n) is 2.97. The van der Waals surface area contributed by atoms with Crippen LogP contribution in [0.5, 0.6) is 0 Å². The average Bonchev–Trinajstić information content (AvgIpc) is 2.98. The summed E-state index contributed by atoms with van der Waals surface area (Å²) >= 11 is 5.86. The molecule has 0 spiro atoms. The highest BCUT2D eigenvalue weighted by atomic mass is 32.1. The van der Waals surface area contributed by atoms with Crippen LogP contribution in [0.25, 0.3) is 28.2 Å². The topological polar surface area (TPSA) is 0 Å². The molecule has 0 unspecified atom stereocenters. The molecule has 4 heterocycles. The molecule has 18 heavy (non-hydrogen) atoms. The van der Waals surface area contributed by atoms with Gasteiger partial charge in [-0.3, -0.25) is 0 Å². The molecule has 0 saturated heterocycles. The minimum Gasteiger partial charge on any atom is -0.204 e. The summed E-state index contributed by atoms with van der Waals surface area (Å²) in [7, 11) is 0. The second kappa shape index (κ2) is 3.50. The van der Waals surface area contributed by atoms with Crippen molar-refractivity contribution in [1.82, 2.24) is 0 Å². The van der Waals surface area contributed by atoms with Gasteiger partial charge in [0, 0.05) is 9.75 Å². The van der Waals surface area contributed by atoms with E-state index in [1.807, 2.05) is 0 Å². The van der Waals surface area contributed by atoms with Crippen molar-refractivity contribution in [2.24, 2.45) is 0 Å². The number of thiophene rings is 4. The van der Waals surface area contributed by atoms with Gasteiger partial charge in [-0.15, -0.1) is 45.3 Å². The molecule has 0 fully saturated rings. The zero-order valence-electron chi connectivity index (χ0n) is 9.39. The van der Waals surface area contributed by atoms with E-state index in [0.29, 0.717) is 9.75 Å². The molecule has 0 aliphatic rings. The lowest BCUT2D eigenvalue weighted by Gasteiger charge is -1.82. The van der Waals surface area contributed by atoms with Gasteiger partial charge in [-0.2, -0.15) is 0 Å². The number of hydrogen-bond acceptors (Lipinski definition) is 4. The molecule has 0 atom stereocenters. The summed E-state index contributed by atoms with van der Waals surface area (Å²) in [5.41, 5.74) is 0. The minimum atomic E-state index is -0.106. The lowest BCUT2D eigenvalue weighted by molar-refractivity contribution is 0.638. The van der Waals surface area contributed by atoms with Gasteiger partial charge in [0.2, 0.25) is 0 Å². The first kappa shape index (κ1) is 11.3. The number of fused-ring (bicyclic) bond motifs is 5. The van der Waals surface area contributed by atoms with Crippen molar-refractivity contribution < 1.29 is 8.78 Å².